The zero-order valence-corrected chi connectivity index (χ0v) is 11.0. The summed E-state index contributed by atoms with van der Waals surface area (Å²) in [6.45, 7) is 4.14. The smallest absolute Gasteiger partial charge is 0.0992 e. The Kier molecular flexibility index (Phi) is 3.55. The van der Waals surface area contributed by atoms with Gasteiger partial charge in [0.2, 0.25) is 0 Å². The molecular formula is C15H13ClN2. The quantitative estimate of drug-likeness (QED) is 0.854. The van der Waals surface area contributed by atoms with Gasteiger partial charge in [-0.25, -0.2) is 0 Å². The standard InChI is InChI=1S/C15H13ClN2/c1-10-4-3-5-14(11(10)2)18-15-7-6-12(9-17)8-13(15)16/h3-8,18H,1-2H3. The Bertz CT molecular complexity index is 627. The number of nitriles is 1. The van der Waals surface area contributed by atoms with Gasteiger partial charge in [0.05, 0.1) is 22.3 Å². The van der Waals surface area contributed by atoms with Gasteiger partial charge in [-0.2, -0.15) is 5.26 Å². The molecule has 18 heavy (non-hydrogen) atoms. The van der Waals surface area contributed by atoms with Crippen LogP contribution in [0.1, 0.15) is 16.7 Å². The highest BCUT2D eigenvalue weighted by atomic mass is 35.5. The number of nitrogens with one attached hydrogen (secondary N) is 1. The van der Waals surface area contributed by atoms with E-state index in [-0.39, 0.29) is 0 Å². The van der Waals surface area contributed by atoms with Crippen molar-refractivity contribution in [3.8, 4) is 6.07 Å². The van der Waals surface area contributed by atoms with E-state index in [4.69, 9.17) is 16.9 Å². The van der Waals surface area contributed by atoms with Gasteiger partial charge in [-0.3, -0.25) is 0 Å². The van der Waals surface area contributed by atoms with Crippen LogP contribution in [-0.2, 0) is 0 Å². The first-order chi connectivity index (χ1) is 8.61. The summed E-state index contributed by atoms with van der Waals surface area (Å²) in [5, 5.41) is 12.6. The van der Waals surface area contributed by atoms with Crippen LogP contribution in [0.4, 0.5) is 11.4 Å². The fraction of sp³-hybridized carbons (Fsp3) is 0.133. The largest absolute Gasteiger partial charge is 0.354 e. The first-order valence-electron chi connectivity index (χ1n) is 5.64. The van der Waals surface area contributed by atoms with Crippen LogP contribution >= 0.6 is 11.6 Å². The third-order valence-corrected chi connectivity index (χ3v) is 3.28. The lowest BCUT2D eigenvalue weighted by molar-refractivity contribution is 1.33. The van der Waals surface area contributed by atoms with E-state index >= 15 is 0 Å². The van der Waals surface area contributed by atoms with Crippen molar-refractivity contribution in [3.63, 3.8) is 0 Å². The average molecular weight is 257 g/mol. The molecule has 3 heteroatoms. The van der Waals surface area contributed by atoms with Gasteiger partial charge in [-0.15, -0.1) is 0 Å². The molecule has 0 heterocycles. The normalized spacial score (nSPS) is 9.89. The highest BCUT2D eigenvalue weighted by molar-refractivity contribution is 6.33. The maximum Gasteiger partial charge on any atom is 0.0992 e. The molecule has 0 spiro atoms. The summed E-state index contributed by atoms with van der Waals surface area (Å²) in [6.07, 6.45) is 0. The zero-order valence-electron chi connectivity index (χ0n) is 10.3. The number of benzene rings is 2. The van der Waals surface area contributed by atoms with Gasteiger partial charge in [0.25, 0.3) is 0 Å². The first-order valence-corrected chi connectivity index (χ1v) is 6.02. The van der Waals surface area contributed by atoms with Crippen LogP contribution in [0, 0.1) is 25.2 Å². The number of anilines is 2. The van der Waals surface area contributed by atoms with Crippen LogP contribution in [-0.4, -0.2) is 0 Å². The van der Waals surface area contributed by atoms with Crippen molar-refractivity contribution in [1.82, 2.24) is 0 Å². The molecule has 2 nitrogen and oxygen atoms in total. The molecule has 2 rings (SSSR count). The van der Waals surface area contributed by atoms with E-state index in [1.54, 1.807) is 12.1 Å². The summed E-state index contributed by atoms with van der Waals surface area (Å²) in [5.41, 5.74) is 4.82. The third kappa shape index (κ3) is 2.47. The molecule has 0 fully saturated rings. The summed E-state index contributed by atoms with van der Waals surface area (Å²) in [4.78, 5) is 0. The second-order valence-corrected chi connectivity index (χ2v) is 4.59. The Morgan fingerprint density at radius 2 is 1.89 bits per heavy atom. The van der Waals surface area contributed by atoms with Crippen molar-refractivity contribution >= 4 is 23.0 Å². The molecule has 0 aromatic heterocycles. The molecule has 0 radical (unpaired) electrons. The molecule has 0 atom stereocenters. The molecule has 0 saturated carbocycles. The first kappa shape index (κ1) is 12.5. The van der Waals surface area contributed by atoms with Gasteiger partial charge in [0.15, 0.2) is 0 Å². The Morgan fingerprint density at radius 1 is 1.11 bits per heavy atom. The summed E-state index contributed by atoms with van der Waals surface area (Å²) in [5.74, 6) is 0. The Morgan fingerprint density at radius 3 is 2.56 bits per heavy atom. The molecule has 0 unspecified atom stereocenters. The minimum absolute atomic E-state index is 0.551. The number of rotatable bonds is 2. The van der Waals surface area contributed by atoms with Crippen molar-refractivity contribution < 1.29 is 0 Å². The van der Waals surface area contributed by atoms with E-state index in [0.29, 0.717) is 10.6 Å². The lowest BCUT2D eigenvalue weighted by Crippen LogP contribution is -1.95. The zero-order chi connectivity index (χ0) is 13.1. The molecular weight excluding hydrogens is 244 g/mol. The maximum atomic E-state index is 8.79. The topological polar surface area (TPSA) is 35.8 Å². The minimum Gasteiger partial charge on any atom is -0.354 e. The Balaban J connectivity index is 2.35. The van der Waals surface area contributed by atoms with Crippen LogP contribution in [0.3, 0.4) is 0 Å². The molecule has 0 bridgehead atoms. The van der Waals surface area contributed by atoms with Gasteiger partial charge in [0.1, 0.15) is 0 Å². The number of aryl methyl sites for hydroxylation is 1. The van der Waals surface area contributed by atoms with Crippen molar-refractivity contribution in [2.24, 2.45) is 0 Å². The molecule has 2 aromatic carbocycles. The fourth-order valence-corrected chi connectivity index (χ4v) is 1.95. The van der Waals surface area contributed by atoms with Crippen LogP contribution in [0.2, 0.25) is 5.02 Å². The average Bonchev–Trinajstić information content (AvgIpc) is 2.37. The van der Waals surface area contributed by atoms with E-state index < -0.39 is 0 Å². The second kappa shape index (κ2) is 5.12. The second-order valence-electron chi connectivity index (χ2n) is 4.18. The summed E-state index contributed by atoms with van der Waals surface area (Å²) >= 11 is 6.14. The van der Waals surface area contributed by atoms with Gasteiger partial charge in [0, 0.05) is 5.69 Å². The fourth-order valence-electron chi connectivity index (χ4n) is 1.72. The minimum atomic E-state index is 0.551. The van der Waals surface area contributed by atoms with E-state index in [1.165, 1.54) is 11.1 Å². The van der Waals surface area contributed by atoms with Crippen LogP contribution in [0.5, 0.6) is 0 Å². The van der Waals surface area contributed by atoms with E-state index in [1.807, 2.05) is 18.2 Å². The number of hydrogen-bond acceptors (Lipinski definition) is 2. The van der Waals surface area contributed by atoms with Crippen molar-refractivity contribution in [2.45, 2.75) is 13.8 Å². The molecule has 0 saturated heterocycles. The van der Waals surface area contributed by atoms with Crippen molar-refractivity contribution in [1.29, 1.82) is 5.26 Å². The van der Waals surface area contributed by atoms with E-state index in [9.17, 15) is 0 Å². The highest BCUT2D eigenvalue weighted by Crippen LogP contribution is 2.28. The lowest BCUT2D eigenvalue weighted by atomic mass is 10.1. The van der Waals surface area contributed by atoms with Crippen molar-refractivity contribution in [3.05, 3.63) is 58.1 Å². The number of hydrogen-bond donors (Lipinski definition) is 1. The van der Waals surface area contributed by atoms with Crippen LogP contribution in [0.25, 0.3) is 0 Å². The van der Waals surface area contributed by atoms with E-state index in [2.05, 4.69) is 31.3 Å². The molecule has 0 aliphatic heterocycles. The van der Waals surface area contributed by atoms with Crippen LogP contribution in [0.15, 0.2) is 36.4 Å². The molecule has 0 aliphatic rings. The van der Waals surface area contributed by atoms with Gasteiger partial charge in [-0.05, 0) is 49.2 Å². The predicted octanol–water partition coefficient (Wildman–Crippen LogP) is 4.57. The van der Waals surface area contributed by atoms with Crippen molar-refractivity contribution in [2.75, 3.05) is 5.32 Å². The number of halogens is 1. The molecule has 90 valence electrons. The summed E-state index contributed by atoms with van der Waals surface area (Å²) in [7, 11) is 0. The Hall–Kier alpha value is -1.98. The highest BCUT2D eigenvalue weighted by Gasteiger charge is 2.05. The molecule has 0 aliphatic carbocycles. The summed E-state index contributed by atoms with van der Waals surface area (Å²) < 4.78 is 0. The lowest BCUT2D eigenvalue weighted by Gasteiger charge is -2.12. The molecule has 1 N–H and O–H groups in total. The Labute approximate surface area is 112 Å². The van der Waals surface area contributed by atoms with Gasteiger partial charge >= 0.3 is 0 Å². The molecule has 2 aromatic rings. The third-order valence-electron chi connectivity index (χ3n) is 2.97. The number of nitrogens with zero attached hydrogens (tertiary/aromatic N) is 1. The van der Waals surface area contributed by atoms with Gasteiger partial charge in [-0.1, -0.05) is 23.7 Å². The summed E-state index contributed by atoms with van der Waals surface area (Å²) in [6, 6.07) is 13.4. The van der Waals surface area contributed by atoms with Crippen LogP contribution < -0.4 is 5.32 Å². The van der Waals surface area contributed by atoms with E-state index in [0.717, 1.165) is 11.4 Å². The molecule has 0 amide bonds. The predicted molar refractivity (Wildman–Crippen MR) is 75.4 cm³/mol. The maximum absolute atomic E-state index is 8.79. The SMILES string of the molecule is Cc1cccc(Nc2ccc(C#N)cc2Cl)c1C. The monoisotopic (exact) mass is 256 g/mol. The van der Waals surface area contributed by atoms with Gasteiger partial charge < -0.3 is 5.32 Å².